The molecule has 0 spiro atoms. The van der Waals surface area contributed by atoms with Gasteiger partial charge in [0.05, 0.1) is 5.02 Å². The Kier molecular flexibility index (Phi) is 3.27. The fourth-order valence-corrected chi connectivity index (χ4v) is 1.95. The van der Waals surface area contributed by atoms with E-state index in [4.69, 9.17) is 16.3 Å². The molecule has 0 radical (unpaired) electrons. The van der Waals surface area contributed by atoms with Gasteiger partial charge in [-0.05, 0) is 31.4 Å². The third-order valence-electron chi connectivity index (χ3n) is 2.60. The second-order valence-corrected chi connectivity index (χ2v) is 4.16. The van der Waals surface area contributed by atoms with Crippen molar-refractivity contribution < 1.29 is 9.53 Å². The van der Waals surface area contributed by atoms with Crippen LogP contribution in [0.2, 0.25) is 5.02 Å². The third kappa shape index (κ3) is 2.51. The van der Waals surface area contributed by atoms with Gasteiger partial charge in [-0.1, -0.05) is 23.7 Å². The lowest BCUT2D eigenvalue weighted by atomic mass is 9.96. The predicted molar refractivity (Wildman–Crippen MR) is 59.3 cm³/mol. The van der Waals surface area contributed by atoms with Crippen molar-refractivity contribution in [1.82, 2.24) is 0 Å². The van der Waals surface area contributed by atoms with Gasteiger partial charge in [-0.15, -0.1) is 0 Å². The highest BCUT2D eigenvalue weighted by atomic mass is 35.5. The zero-order valence-corrected chi connectivity index (χ0v) is 9.17. The molecule has 1 aromatic carbocycles. The number of Topliss-reactive ketones (excluding diaryl/α,β-unsaturated/α-hetero) is 1. The number of carbonyl (C=O) groups excluding carboxylic acids is 1. The van der Waals surface area contributed by atoms with E-state index in [1.807, 2.05) is 12.1 Å². The van der Waals surface area contributed by atoms with Crippen LogP contribution in [0.1, 0.15) is 25.7 Å². The molecule has 1 fully saturated rings. The number of para-hydroxylation sites is 1. The van der Waals surface area contributed by atoms with Gasteiger partial charge in [0.2, 0.25) is 0 Å². The summed E-state index contributed by atoms with van der Waals surface area (Å²) in [6.45, 7) is 0. The van der Waals surface area contributed by atoms with Crippen molar-refractivity contribution in [3.63, 3.8) is 0 Å². The summed E-state index contributed by atoms with van der Waals surface area (Å²) in [6.07, 6.45) is 3.19. The van der Waals surface area contributed by atoms with Crippen LogP contribution in [0.5, 0.6) is 5.75 Å². The summed E-state index contributed by atoms with van der Waals surface area (Å²) in [7, 11) is 0. The maximum atomic E-state index is 11.5. The van der Waals surface area contributed by atoms with E-state index in [2.05, 4.69) is 0 Å². The molecule has 0 bridgehead atoms. The number of rotatable bonds is 2. The predicted octanol–water partition coefficient (Wildman–Crippen LogP) is 3.23. The fraction of sp³-hybridized carbons (Fsp3) is 0.417. The van der Waals surface area contributed by atoms with E-state index in [1.54, 1.807) is 12.1 Å². The lowest BCUT2D eigenvalue weighted by molar-refractivity contribution is -0.127. The van der Waals surface area contributed by atoms with Gasteiger partial charge in [0.1, 0.15) is 5.75 Å². The zero-order chi connectivity index (χ0) is 10.7. The van der Waals surface area contributed by atoms with E-state index in [-0.39, 0.29) is 11.9 Å². The van der Waals surface area contributed by atoms with Gasteiger partial charge in [-0.2, -0.15) is 0 Å². The average molecular weight is 225 g/mol. The molecule has 80 valence electrons. The fourth-order valence-electron chi connectivity index (χ4n) is 1.77. The lowest BCUT2D eigenvalue weighted by Crippen LogP contribution is -2.30. The number of hydrogen-bond donors (Lipinski definition) is 0. The van der Waals surface area contributed by atoms with E-state index in [0.717, 1.165) is 19.3 Å². The molecule has 1 aliphatic carbocycles. The van der Waals surface area contributed by atoms with E-state index < -0.39 is 0 Å². The van der Waals surface area contributed by atoms with Crippen molar-refractivity contribution >= 4 is 17.4 Å². The SMILES string of the molecule is O=C1CCCCC1Oc1ccccc1Cl. The lowest BCUT2D eigenvalue weighted by Gasteiger charge is -2.22. The molecule has 1 atom stereocenters. The molecule has 1 unspecified atom stereocenters. The molecule has 1 saturated carbocycles. The first-order valence-electron chi connectivity index (χ1n) is 5.21. The Hall–Kier alpha value is -1.02. The number of halogens is 1. The molecule has 2 rings (SSSR count). The highest BCUT2D eigenvalue weighted by molar-refractivity contribution is 6.32. The Morgan fingerprint density at radius 1 is 1.27 bits per heavy atom. The minimum atomic E-state index is -0.293. The van der Waals surface area contributed by atoms with E-state index in [1.165, 1.54) is 0 Å². The molecule has 0 aliphatic heterocycles. The first-order valence-corrected chi connectivity index (χ1v) is 5.59. The van der Waals surface area contributed by atoms with Crippen LogP contribution in [0.3, 0.4) is 0 Å². The van der Waals surface area contributed by atoms with Crippen LogP contribution in [0.4, 0.5) is 0 Å². The summed E-state index contributed by atoms with van der Waals surface area (Å²) in [5.74, 6) is 0.806. The summed E-state index contributed by atoms with van der Waals surface area (Å²) in [6, 6.07) is 7.26. The van der Waals surface area contributed by atoms with Gasteiger partial charge in [0, 0.05) is 6.42 Å². The highest BCUT2D eigenvalue weighted by Crippen LogP contribution is 2.27. The van der Waals surface area contributed by atoms with Crippen molar-refractivity contribution in [3.8, 4) is 5.75 Å². The topological polar surface area (TPSA) is 26.3 Å². The smallest absolute Gasteiger partial charge is 0.173 e. The normalized spacial score (nSPS) is 21.4. The van der Waals surface area contributed by atoms with Crippen LogP contribution in [-0.2, 0) is 4.79 Å². The van der Waals surface area contributed by atoms with Crippen LogP contribution < -0.4 is 4.74 Å². The van der Waals surface area contributed by atoms with Crippen LogP contribution >= 0.6 is 11.6 Å². The Morgan fingerprint density at radius 2 is 2.07 bits per heavy atom. The van der Waals surface area contributed by atoms with Gasteiger partial charge in [0.15, 0.2) is 11.9 Å². The molecule has 0 aromatic heterocycles. The van der Waals surface area contributed by atoms with E-state index in [9.17, 15) is 4.79 Å². The van der Waals surface area contributed by atoms with Crippen molar-refractivity contribution in [3.05, 3.63) is 29.3 Å². The summed E-state index contributed by atoms with van der Waals surface area (Å²) in [5, 5.41) is 0.566. The first kappa shape index (κ1) is 10.5. The minimum Gasteiger partial charge on any atom is -0.481 e. The van der Waals surface area contributed by atoms with E-state index >= 15 is 0 Å². The Labute approximate surface area is 94.2 Å². The molecule has 15 heavy (non-hydrogen) atoms. The Morgan fingerprint density at radius 3 is 2.80 bits per heavy atom. The maximum absolute atomic E-state index is 11.5. The molecule has 3 heteroatoms. The second kappa shape index (κ2) is 4.67. The van der Waals surface area contributed by atoms with Crippen molar-refractivity contribution in [2.24, 2.45) is 0 Å². The number of ketones is 1. The summed E-state index contributed by atoms with van der Waals surface area (Å²) in [4.78, 5) is 11.5. The molecule has 0 amide bonds. The highest BCUT2D eigenvalue weighted by Gasteiger charge is 2.24. The van der Waals surface area contributed by atoms with Gasteiger partial charge < -0.3 is 4.74 Å². The zero-order valence-electron chi connectivity index (χ0n) is 8.41. The third-order valence-corrected chi connectivity index (χ3v) is 2.92. The number of benzene rings is 1. The van der Waals surface area contributed by atoms with Gasteiger partial charge >= 0.3 is 0 Å². The summed E-state index contributed by atoms with van der Waals surface area (Å²) < 4.78 is 5.62. The molecule has 0 N–H and O–H groups in total. The van der Waals surface area contributed by atoms with Crippen molar-refractivity contribution in [1.29, 1.82) is 0 Å². The van der Waals surface area contributed by atoms with Crippen LogP contribution in [0, 0.1) is 0 Å². The monoisotopic (exact) mass is 224 g/mol. The second-order valence-electron chi connectivity index (χ2n) is 3.75. The summed E-state index contributed by atoms with van der Waals surface area (Å²) >= 11 is 5.95. The molecule has 1 aliphatic rings. The number of ether oxygens (including phenoxy) is 1. The summed E-state index contributed by atoms with van der Waals surface area (Å²) in [5.41, 5.74) is 0. The average Bonchev–Trinajstić information content (AvgIpc) is 2.24. The van der Waals surface area contributed by atoms with Crippen LogP contribution in [0.25, 0.3) is 0 Å². The van der Waals surface area contributed by atoms with Gasteiger partial charge in [-0.3, -0.25) is 4.79 Å². The van der Waals surface area contributed by atoms with Crippen LogP contribution in [0.15, 0.2) is 24.3 Å². The number of carbonyl (C=O) groups is 1. The molecular weight excluding hydrogens is 212 g/mol. The molecule has 0 heterocycles. The van der Waals surface area contributed by atoms with Crippen molar-refractivity contribution in [2.75, 3.05) is 0 Å². The maximum Gasteiger partial charge on any atom is 0.173 e. The Balaban J connectivity index is 2.08. The first-order chi connectivity index (χ1) is 7.27. The quantitative estimate of drug-likeness (QED) is 0.771. The van der Waals surface area contributed by atoms with Gasteiger partial charge in [-0.25, -0.2) is 0 Å². The Bertz CT molecular complexity index is 362. The van der Waals surface area contributed by atoms with Crippen LogP contribution in [-0.4, -0.2) is 11.9 Å². The molecule has 2 nitrogen and oxygen atoms in total. The molecule has 1 aromatic rings. The molecular formula is C12H13ClO2. The van der Waals surface area contributed by atoms with Crippen molar-refractivity contribution in [2.45, 2.75) is 31.8 Å². The van der Waals surface area contributed by atoms with Gasteiger partial charge in [0.25, 0.3) is 0 Å². The van der Waals surface area contributed by atoms with E-state index in [0.29, 0.717) is 17.2 Å². The standard InChI is InChI=1S/C12H13ClO2/c13-9-5-1-3-7-11(9)15-12-8-4-2-6-10(12)14/h1,3,5,7,12H,2,4,6,8H2. The largest absolute Gasteiger partial charge is 0.481 e. The minimum absolute atomic E-state index is 0.196. The molecule has 0 saturated heterocycles. The number of hydrogen-bond acceptors (Lipinski definition) is 2.